The van der Waals surface area contributed by atoms with Gasteiger partial charge < -0.3 is 11.1 Å². The van der Waals surface area contributed by atoms with Crippen LogP contribution >= 0.6 is 39.7 Å². The van der Waals surface area contributed by atoms with Crippen molar-refractivity contribution in [2.45, 2.75) is 25.7 Å². The fourth-order valence-corrected chi connectivity index (χ4v) is 2.80. The van der Waals surface area contributed by atoms with E-state index in [4.69, 9.17) is 5.73 Å². The molecule has 0 fully saturated rings. The molecule has 1 heterocycles. The van der Waals surface area contributed by atoms with E-state index in [-0.39, 0.29) is 24.2 Å². The lowest BCUT2D eigenvalue weighted by Gasteiger charge is -2.10. The molecule has 0 aromatic carbocycles. The Labute approximate surface area is 121 Å². The van der Waals surface area contributed by atoms with Gasteiger partial charge in [-0.2, -0.15) is 0 Å². The number of rotatable bonds is 6. The predicted octanol–water partition coefficient (Wildman–Crippen LogP) is 2.89. The van der Waals surface area contributed by atoms with E-state index in [1.54, 1.807) is 11.3 Å². The molecule has 6 heteroatoms. The third-order valence-electron chi connectivity index (χ3n) is 2.34. The molecule has 0 bridgehead atoms. The SMILES string of the molecule is CC(C(=O)NCCCCN)c1ccc(Br)s1.Cl. The first kappa shape index (κ1) is 16.9. The zero-order chi connectivity index (χ0) is 12.0. The molecule has 0 saturated heterocycles. The van der Waals surface area contributed by atoms with Crippen molar-refractivity contribution in [2.24, 2.45) is 5.73 Å². The molecule has 0 aliphatic carbocycles. The number of hydrogen-bond acceptors (Lipinski definition) is 3. The van der Waals surface area contributed by atoms with Crippen molar-refractivity contribution in [3.63, 3.8) is 0 Å². The summed E-state index contributed by atoms with van der Waals surface area (Å²) < 4.78 is 1.06. The number of nitrogens with two attached hydrogens (primary N) is 1. The number of amides is 1. The van der Waals surface area contributed by atoms with E-state index < -0.39 is 0 Å². The summed E-state index contributed by atoms with van der Waals surface area (Å²) in [4.78, 5) is 12.9. The Balaban J connectivity index is 0.00000256. The minimum absolute atomic E-state index is 0. The second kappa shape index (κ2) is 8.91. The maximum absolute atomic E-state index is 11.8. The summed E-state index contributed by atoms with van der Waals surface area (Å²) in [6, 6.07) is 3.96. The number of thiophene rings is 1. The van der Waals surface area contributed by atoms with E-state index in [1.807, 2.05) is 19.1 Å². The van der Waals surface area contributed by atoms with Gasteiger partial charge >= 0.3 is 0 Å². The Kier molecular flexibility index (Phi) is 8.86. The van der Waals surface area contributed by atoms with Crippen LogP contribution in [0.5, 0.6) is 0 Å². The summed E-state index contributed by atoms with van der Waals surface area (Å²) in [5.74, 6) is 0.0144. The van der Waals surface area contributed by atoms with Crippen LogP contribution in [0.4, 0.5) is 0 Å². The molecule has 1 amide bonds. The van der Waals surface area contributed by atoms with E-state index >= 15 is 0 Å². The molecule has 0 aliphatic heterocycles. The Bertz CT molecular complexity index is 346. The molecule has 17 heavy (non-hydrogen) atoms. The van der Waals surface area contributed by atoms with Crippen LogP contribution in [0.2, 0.25) is 0 Å². The van der Waals surface area contributed by atoms with Crippen molar-refractivity contribution in [3.8, 4) is 0 Å². The third kappa shape index (κ3) is 5.86. The molecule has 0 aliphatic rings. The van der Waals surface area contributed by atoms with Gasteiger partial charge in [-0.1, -0.05) is 0 Å². The summed E-state index contributed by atoms with van der Waals surface area (Å²) in [6.07, 6.45) is 1.91. The average Bonchev–Trinajstić information content (AvgIpc) is 2.70. The Morgan fingerprint density at radius 1 is 1.53 bits per heavy atom. The minimum Gasteiger partial charge on any atom is -0.356 e. The predicted molar refractivity (Wildman–Crippen MR) is 79.0 cm³/mol. The molecule has 1 rings (SSSR count). The number of nitrogens with one attached hydrogen (secondary N) is 1. The normalized spacial score (nSPS) is 11.7. The molecule has 3 N–H and O–H groups in total. The standard InChI is InChI=1S/C11H17BrN2OS.ClH/c1-8(9-4-5-10(12)16-9)11(15)14-7-3-2-6-13;/h4-5,8H,2-3,6-7,13H2,1H3,(H,14,15);1H. The average molecular weight is 342 g/mol. The second-order valence-electron chi connectivity index (χ2n) is 3.65. The Morgan fingerprint density at radius 3 is 2.76 bits per heavy atom. The highest BCUT2D eigenvalue weighted by Crippen LogP contribution is 2.28. The van der Waals surface area contributed by atoms with Gasteiger partial charge in [0.2, 0.25) is 5.91 Å². The van der Waals surface area contributed by atoms with Crippen LogP contribution in [-0.2, 0) is 4.79 Å². The van der Waals surface area contributed by atoms with Crippen LogP contribution in [0.1, 0.15) is 30.6 Å². The van der Waals surface area contributed by atoms with Gasteiger partial charge in [-0.3, -0.25) is 4.79 Å². The smallest absolute Gasteiger partial charge is 0.228 e. The summed E-state index contributed by atoms with van der Waals surface area (Å²) in [6.45, 7) is 3.33. The molecule has 1 atom stereocenters. The van der Waals surface area contributed by atoms with E-state index in [9.17, 15) is 4.79 Å². The first-order valence-corrected chi connectivity index (χ1v) is 6.99. The topological polar surface area (TPSA) is 55.1 Å². The van der Waals surface area contributed by atoms with E-state index in [1.165, 1.54) is 0 Å². The van der Waals surface area contributed by atoms with Crippen LogP contribution in [0.15, 0.2) is 15.9 Å². The zero-order valence-corrected chi connectivity index (χ0v) is 13.0. The van der Waals surface area contributed by atoms with E-state index in [0.29, 0.717) is 13.1 Å². The molecule has 1 unspecified atom stereocenters. The summed E-state index contributed by atoms with van der Waals surface area (Å²) in [5, 5.41) is 2.92. The van der Waals surface area contributed by atoms with Gasteiger partial charge in [0.05, 0.1) is 9.70 Å². The van der Waals surface area contributed by atoms with E-state index in [2.05, 4.69) is 21.2 Å². The summed E-state index contributed by atoms with van der Waals surface area (Å²) >= 11 is 5.00. The highest BCUT2D eigenvalue weighted by molar-refractivity contribution is 9.11. The van der Waals surface area contributed by atoms with Gasteiger partial charge in [-0.15, -0.1) is 23.7 Å². The Hall–Kier alpha value is -0.100. The first-order chi connectivity index (χ1) is 7.65. The lowest BCUT2D eigenvalue weighted by atomic mass is 10.1. The summed E-state index contributed by atoms with van der Waals surface area (Å²) in [7, 11) is 0. The summed E-state index contributed by atoms with van der Waals surface area (Å²) in [5.41, 5.74) is 5.38. The quantitative estimate of drug-likeness (QED) is 0.782. The van der Waals surface area contributed by atoms with Crippen molar-refractivity contribution in [1.29, 1.82) is 0 Å². The van der Waals surface area contributed by atoms with Gasteiger partial charge in [-0.05, 0) is 54.4 Å². The molecule has 0 saturated carbocycles. The molecular weight excluding hydrogens is 324 g/mol. The Morgan fingerprint density at radius 2 is 2.24 bits per heavy atom. The van der Waals surface area contributed by atoms with E-state index in [0.717, 1.165) is 21.5 Å². The largest absolute Gasteiger partial charge is 0.356 e. The third-order valence-corrected chi connectivity index (χ3v) is 4.15. The maximum Gasteiger partial charge on any atom is 0.228 e. The van der Waals surface area contributed by atoms with Gasteiger partial charge in [-0.25, -0.2) is 0 Å². The molecule has 98 valence electrons. The fourth-order valence-electron chi connectivity index (χ4n) is 1.32. The van der Waals surface area contributed by atoms with Gasteiger partial charge in [0.25, 0.3) is 0 Å². The van der Waals surface area contributed by atoms with Crippen LogP contribution in [0.25, 0.3) is 0 Å². The number of hydrogen-bond donors (Lipinski definition) is 2. The van der Waals surface area contributed by atoms with Gasteiger partial charge in [0.1, 0.15) is 0 Å². The molecule has 1 aromatic heterocycles. The highest BCUT2D eigenvalue weighted by Gasteiger charge is 2.16. The molecule has 3 nitrogen and oxygen atoms in total. The second-order valence-corrected chi connectivity index (χ2v) is 6.14. The fraction of sp³-hybridized carbons (Fsp3) is 0.545. The van der Waals surface area contributed by atoms with Crippen LogP contribution in [0.3, 0.4) is 0 Å². The number of unbranched alkanes of at least 4 members (excludes halogenated alkanes) is 1. The monoisotopic (exact) mass is 340 g/mol. The number of halogens is 2. The van der Waals surface area contributed by atoms with Crippen LogP contribution in [-0.4, -0.2) is 19.0 Å². The molecular formula is C11H18BrClN2OS. The van der Waals surface area contributed by atoms with Gasteiger partial charge in [0.15, 0.2) is 0 Å². The molecule has 0 spiro atoms. The van der Waals surface area contributed by atoms with Crippen molar-refractivity contribution >= 4 is 45.6 Å². The number of carbonyl (C=O) groups is 1. The minimum atomic E-state index is -0.0748. The molecule has 1 aromatic rings. The maximum atomic E-state index is 11.8. The molecule has 0 radical (unpaired) electrons. The lowest BCUT2D eigenvalue weighted by Crippen LogP contribution is -2.28. The van der Waals surface area contributed by atoms with Gasteiger partial charge in [0, 0.05) is 11.4 Å². The van der Waals surface area contributed by atoms with Crippen molar-refractivity contribution in [3.05, 3.63) is 20.8 Å². The lowest BCUT2D eigenvalue weighted by molar-refractivity contribution is -0.122. The first-order valence-electron chi connectivity index (χ1n) is 5.38. The highest BCUT2D eigenvalue weighted by atomic mass is 79.9. The van der Waals surface area contributed by atoms with Crippen LogP contribution < -0.4 is 11.1 Å². The van der Waals surface area contributed by atoms with Crippen molar-refractivity contribution in [2.75, 3.05) is 13.1 Å². The van der Waals surface area contributed by atoms with Crippen molar-refractivity contribution in [1.82, 2.24) is 5.32 Å². The zero-order valence-electron chi connectivity index (χ0n) is 9.74. The van der Waals surface area contributed by atoms with Crippen LogP contribution in [0, 0.1) is 0 Å². The van der Waals surface area contributed by atoms with Crippen molar-refractivity contribution < 1.29 is 4.79 Å². The number of carbonyl (C=O) groups excluding carboxylic acids is 1.